The molecule has 23 heavy (non-hydrogen) atoms. The summed E-state index contributed by atoms with van der Waals surface area (Å²) in [5.74, 6) is 0. The van der Waals surface area contributed by atoms with Gasteiger partial charge in [0.15, 0.2) is 17.0 Å². The van der Waals surface area contributed by atoms with E-state index in [0.29, 0.717) is 11.2 Å². The number of aliphatic hydroxyl groups is 1. The third-order valence-corrected chi connectivity index (χ3v) is 4.79. The fourth-order valence-corrected chi connectivity index (χ4v) is 3.69. The van der Waals surface area contributed by atoms with Crippen molar-refractivity contribution < 1.29 is 57.9 Å². The third kappa shape index (κ3) is 2.98. The average molecular weight is 371 g/mol. The summed E-state index contributed by atoms with van der Waals surface area (Å²) in [6.45, 7) is -0.221. The van der Waals surface area contributed by atoms with Gasteiger partial charge in [0.25, 0.3) is 7.82 Å². The van der Waals surface area contributed by atoms with Gasteiger partial charge in [0.05, 0.1) is 12.9 Å². The van der Waals surface area contributed by atoms with Crippen LogP contribution in [0.2, 0.25) is 5.15 Å². The Bertz CT molecular complexity index is 792. The maximum absolute atomic E-state index is 11.3. The first-order chi connectivity index (χ1) is 10.5. The molecule has 10 nitrogen and oxygen atoms in total. The largest absolute Gasteiger partial charge is 1.00 e. The number of phosphoric acid groups is 1. The smallest absolute Gasteiger partial charge is 0.756 e. The molecule has 0 aliphatic carbocycles. The molecule has 2 saturated heterocycles. The number of rotatable bonds is 1. The van der Waals surface area contributed by atoms with Crippen molar-refractivity contribution in [2.75, 3.05) is 6.61 Å². The minimum Gasteiger partial charge on any atom is -0.756 e. The number of nitrogens with zero attached hydrogens (tertiary/aromatic N) is 4. The van der Waals surface area contributed by atoms with Gasteiger partial charge in [0.2, 0.25) is 0 Å². The van der Waals surface area contributed by atoms with E-state index in [2.05, 4.69) is 19.5 Å². The Hall–Kier alpha value is -0.130. The second-order valence-electron chi connectivity index (χ2n) is 4.86. The molecular formula is C10H9ClN4NaO6P. The van der Waals surface area contributed by atoms with Crippen LogP contribution in [-0.4, -0.2) is 49.5 Å². The van der Waals surface area contributed by atoms with Crippen LogP contribution in [0.1, 0.15) is 6.23 Å². The Morgan fingerprint density at radius 2 is 2.22 bits per heavy atom. The molecule has 2 fully saturated rings. The number of phosphoric ester groups is 1. The summed E-state index contributed by atoms with van der Waals surface area (Å²) in [6, 6.07) is 0. The standard InChI is InChI=1S/C10H10ClN4O6P.Na/c11-8-5-9(13-2-12-8)15(3-14-5)10-6(16)7-4(20-10)1-19-22(17,18)21-7;/h2-4,6-7,10,16H,1H2,(H,17,18);/q;+1/p-1. The van der Waals surface area contributed by atoms with Crippen LogP contribution in [0.3, 0.4) is 0 Å². The molecule has 5 atom stereocenters. The number of hydrogen-bond donors (Lipinski definition) is 1. The van der Waals surface area contributed by atoms with Crippen LogP contribution in [0.25, 0.3) is 11.2 Å². The monoisotopic (exact) mass is 370 g/mol. The maximum atomic E-state index is 11.3. The zero-order valence-electron chi connectivity index (χ0n) is 11.8. The Labute approximate surface area is 156 Å². The summed E-state index contributed by atoms with van der Waals surface area (Å²) in [6.07, 6.45) is -1.28. The molecule has 2 aromatic heterocycles. The first-order valence-corrected chi connectivity index (χ1v) is 8.11. The summed E-state index contributed by atoms with van der Waals surface area (Å²) in [5.41, 5.74) is 0.704. The number of imidazole rings is 1. The van der Waals surface area contributed by atoms with Crippen molar-refractivity contribution >= 4 is 30.6 Å². The van der Waals surface area contributed by atoms with Crippen LogP contribution in [0.15, 0.2) is 12.7 Å². The van der Waals surface area contributed by atoms with Gasteiger partial charge in [-0.25, -0.2) is 15.0 Å². The van der Waals surface area contributed by atoms with Crippen molar-refractivity contribution in [1.29, 1.82) is 0 Å². The van der Waals surface area contributed by atoms with Gasteiger partial charge in [0, 0.05) is 0 Å². The van der Waals surface area contributed by atoms with E-state index < -0.39 is 32.4 Å². The fourth-order valence-electron chi connectivity index (χ4n) is 2.57. The van der Waals surface area contributed by atoms with Gasteiger partial charge in [-0.3, -0.25) is 9.13 Å². The minimum absolute atomic E-state index is 0. The first-order valence-electron chi connectivity index (χ1n) is 6.27. The number of halogens is 1. The number of hydrogen-bond acceptors (Lipinski definition) is 9. The van der Waals surface area contributed by atoms with Crippen LogP contribution in [-0.2, 0) is 18.3 Å². The predicted octanol–water partition coefficient (Wildman–Crippen LogP) is -3.37. The third-order valence-electron chi connectivity index (χ3n) is 3.55. The summed E-state index contributed by atoms with van der Waals surface area (Å²) in [4.78, 5) is 23.3. The Morgan fingerprint density at radius 1 is 1.43 bits per heavy atom. The molecule has 0 radical (unpaired) electrons. The van der Waals surface area contributed by atoms with Crippen molar-refractivity contribution in [3.8, 4) is 0 Å². The molecule has 2 aliphatic rings. The van der Waals surface area contributed by atoms with Gasteiger partial charge >= 0.3 is 29.6 Å². The van der Waals surface area contributed by atoms with Gasteiger partial charge < -0.3 is 23.8 Å². The van der Waals surface area contributed by atoms with E-state index in [1.165, 1.54) is 17.2 Å². The second kappa shape index (κ2) is 6.30. The first kappa shape index (κ1) is 17.7. The zero-order chi connectivity index (χ0) is 15.5. The maximum Gasteiger partial charge on any atom is 1.00 e. The fraction of sp³-hybridized carbons (Fsp3) is 0.500. The van der Waals surface area contributed by atoms with Crippen LogP contribution >= 0.6 is 19.4 Å². The molecule has 0 spiro atoms. The van der Waals surface area contributed by atoms with Gasteiger partial charge in [0.1, 0.15) is 30.2 Å². The summed E-state index contributed by atoms with van der Waals surface area (Å²) in [7, 11) is -4.41. The molecule has 0 amide bonds. The Balaban J connectivity index is 0.00000156. The molecule has 1 N–H and O–H groups in total. The van der Waals surface area contributed by atoms with Gasteiger partial charge in [-0.1, -0.05) is 11.6 Å². The summed E-state index contributed by atoms with van der Waals surface area (Å²) >= 11 is 5.92. The summed E-state index contributed by atoms with van der Waals surface area (Å²) < 4.78 is 27.8. The van der Waals surface area contributed by atoms with Crippen molar-refractivity contribution in [3.63, 3.8) is 0 Å². The zero-order valence-corrected chi connectivity index (χ0v) is 15.4. The van der Waals surface area contributed by atoms with Gasteiger partial charge in [-0.15, -0.1) is 0 Å². The van der Waals surface area contributed by atoms with E-state index in [-0.39, 0.29) is 41.3 Å². The van der Waals surface area contributed by atoms with Gasteiger partial charge in [-0.05, 0) is 0 Å². The van der Waals surface area contributed by atoms with E-state index in [0.717, 1.165) is 0 Å². The normalized spacial score (nSPS) is 36.7. The second-order valence-corrected chi connectivity index (χ2v) is 6.58. The quantitative estimate of drug-likeness (QED) is 0.310. The number of fused-ring (bicyclic) bond motifs is 2. The molecule has 118 valence electrons. The van der Waals surface area contributed by atoms with Crippen molar-refractivity contribution in [2.45, 2.75) is 24.5 Å². The topological polar surface area (TPSA) is 132 Å². The van der Waals surface area contributed by atoms with E-state index in [4.69, 9.17) is 20.9 Å². The van der Waals surface area contributed by atoms with Crippen LogP contribution < -0.4 is 34.5 Å². The van der Waals surface area contributed by atoms with E-state index in [1.54, 1.807) is 0 Å². The van der Waals surface area contributed by atoms with Crippen LogP contribution in [0.4, 0.5) is 0 Å². The SMILES string of the molecule is O=P1([O-])OCC2OC(n3cnc4c(Cl)ncnc43)C(O)C2O1.[Na+]. The number of ether oxygens (including phenoxy) is 1. The van der Waals surface area contributed by atoms with Gasteiger partial charge in [-0.2, -0.15) is 0 Å². The molecule has 4 rings (SSSR count). The van der Waals surface area contributed by atoms with Crippen LogP contribution in [0, 0.1) is 0 Å². The van der Waals surface area contributed by atoms with E-state index in [1.807, 2.05) is 0 Å². The summed E-state index contributed by atoms with van der Waals surface area (Å²) in [5, 5.41) is 10.5. The molecule has 13 heteroatoms. The van der Waals surface area contributed by atoms with Crippen molar-refractivity contribution in [1.82, 2.24) is 19.5 Å². The van der Waals surface area contributed by atoms with E-state index in [9.17, 15) is 14.6 Å². The molecule has 0 bridgehead atoms. The molecule has 0 saturated carbocycles. The van der Waals surface area contributed by atoms with Crippen molar-refractivity contribution in [2.24, 2.45) is 0 Å². The van der Waals surface area contributed by atoms with E-state index >= 15 is 0 Å². The van der Waals surface area contributed by atoms with Crippen molar-refractivity contribution in [3.05, 3.63) is 17.8 Å². The molecule has 2 aromatic rings. The molecule has 5 unspecified atom stereocenters. The molecule has 4 heterocycles. The molecule has 0 aromatic carbocycles. The average Bonchev–Trinajstić information content (AvgIpc) is 3.01. The minimum atomic E-state index is -4.41. The Kier molecular flexibility index (Phi) is 4.85. The predicted molar refractivity (Wildman–Crippen MR) is 68.7 cm³/mol. The molecule has 2 aliphatic heterocycles. The number of aliphatic hydroxyl groups excluding tert-OH is 1. The Morgan fingerprint density at radius 3 is 3.00 bits per heavy atom. The number of aromatic nitrogens is 4. The van der Waals surface area contributed by atoms with Crippen LogP contribution in [0.5, 0.6) is 0 Å². The molecular weight excluding hydrogens is 362 g/mol.